The molecule has 0 radical (unpaired) electrons. The van der Waals surface area contributed by atoms with Crippen LogP contribution in [0.4, 0.5) is 0 Å². The number of nitrogens with two attached hydrogens (primary N) is 1. The Bertz CT molecular complexity index is 185. The van der Waals surface area contributed by atoms with Gasteiger partial charge in [0, 0.05) is 15.6 Å². The largest absolute Gasteiger partial charge is 0.749 e. The maximum Gasteiger partial charge on any atom is 0.749 e. The zero-order valence-corrected chi connectivity index (χ0v) is 7.29. The predicted molar refractivity (Wildman–Crippen MR) is 35.9 cm³/mol. The third kappa shape index (κ3) is 3.29. The minimum Gasteiger partial charge on any atom is -0.302 e. The van der Waals surface area contributed by atoms with Crippen LogP contribution in [-0.4, -0.2) is 12.8 Å². The molecule has 11 heavy (non-hydrogen) atoms. The van der Waals surface area contributed by atoms with Crippen molar-refractivity contribution in [2.45, 2.75) is 12.6 Å². The van der Waals surface area contributed by atoms with Crippen molar-refractivity contribution >= 4 is 16.5 Å². The zero-order valence-electron chi connectivity index (χ0n) is 5.50. The fraction of sp³-hybridized carbons (Fsp3) is 1.00. The Kier molecular flexibility index (Phi) is 3.45. The van der Waals surface area contributed by atoms with E-state index in [9.17, 15) is 9.13 Å². The normalized spacial score (nSPS) is 34.5. The van der Waals surface area contributed by atoms with E-state index in [2.05, 4.69) is 13.4 Å². The molecular weight excluding hydrogens is 192 g/mol. The number of hydrogen-bond acceptors (Lipinski definition) is 6. The van der Waals surface area contributed by atoms with Crippen molar-refractivity contribution in [1.29, 1.82) is 0 Å². The molecule has 1 heterocycles. The summed E-state index contributed by atoms with van der Waals surface area (Å²) in [6.45, 7) is 0.180. The van der Waals surface area contributed by atoms with E-state index in [0.29, 0.717) is 6.42 Å². The Morgan fingerprint density at radius 1 is 1.36 bits per heavy atom. The van der Waals surface area contributed by atoms with Crippen LogP contribution in [0.3, 0.4) is 0 Å². The molecule has 0 aliphatic carbocycles. The van der Waals surface area contributed by atoms with Gasteiger partial charge in [-0.25, -0.2) is 0 Å². The topological polar surface area (TPSA) is 87.9 Å². The van der Waals surface area contributed by atoms with Crippen LogP contribution in [0.25, 0.3) is 0 Å². The van der Waals surface area contributed by atoms with Crippen molar-refractivity contribution in [3.05, 3.63) is 0 Å². The Hall–Kier alpha value is 0.0400. The smallest absolute Gasteiger partial charge is 0.302 e. The highest BCUT2D eigenvalue weighted by atomic mass is 31.2. The van der Waals surface area contributed by atoms with Crippen LogP contribution in [0, 0.1) is 0 Å². The Morgan fingerprint density at radius 2 is 2.09 bits per heavy atom. The first kappa shape index (κ1) is 9.13. The molecule has 0 bridgehead atoms. The fourth-order valence-corrected chi connectivity index (χ4v) is 1.86. The first-order valence-electron chi connectivity index (χ1n) is 2.86. The molecule has 62 valence electrons. The minimum absolute atomic E-state index is 0.180. The number of hydrogen-bond donors (Lipinski definition) is 1. The fourth-order valence-electron chi connectivity index (χ4n) is 0.504. The predicted octanol–water partition coefficient (Wildman–Crippen LogP) is 1.04. The second-order valence-electron chi connectivity index (χ2n) is 1.79. The van der Waals surface area contributed by atoms with E-state index < -0.39 is 22.7 Å². The molecule has 3 atom stereocenters. The van der Waals surface area contributed by atoms with Gasteiger partial charge >= 0.3 is 16.5 Å². The van der Waals surface area contributed by atoms with E-state index in [0.717, 1.165) is 0 Å². The lowest BCUT2D eigenvalue weighted by Crippen LogP contribution is -2.23. The molecule has 6 nitrogen and oxygen atoms in total. The first-order valence-corrected chi connectivity index (χ1v) is 5.05. The Balaban J connectivity index is 2.47. The molecule has 2 N–H and O–H groups in total. The lowest BCUT2D eigenvalue weighted by atomic mass is 10.4. The van der Waals surface area contributed by atoms with Gasteiger partial charge in [0.2, 0.25) is 0 Å². The van der Waals surface area contributed by atoms with Crippen LogP contribution in [0.1, 0.15) is 6.42 Å². The Morgan fingerprint density at radius 3 is 2.82 bits per heavy atom. The third-order valence-corrected chi connectivity index (χ3v) is 2.86. The molecule has 0 aromatic carbocycles. The SMILES string of the molecule is NC1CCO[P+](=O)O[P+](=O)O1. The van der Waals surface area contributed by atoms with Crippen molar-refractivity contribution in [2.75, 3.05) is 6.61 Å². The highest BCUT2D eigenvalue weighted by Gasteiger charge is 2.43. The van der Waals surface area contributed by atoms with Crippen LogP contribution in [0.2, 0.25) is 0 Å². The van der Waals surface area contributed by atoms with Crippen LogP contribution in [-0.2, 0) is 22.5 Å². The maximum absolute atomic E-state index is 10.6. The molecule has 0 aromatic heterocycles. The van der Waals surface area contributed by atoms with Crippen molar-refractivity contribution < 1.29 is 22.5 Å². The van der Waals surface area contributed by atoms with Gasteiger partial charge in [0.25, 0.3) is 0 Å². The summed E-state index contributed by atoms with van der Waals surface area (Å²) >= 11 is 0. The van der Waals surface area contributed by atoms with E-state index >= 15 is 0 Å². The van der Waals surface area contributed by atoms with E-state index in [1.165, 1.54) is 0 Å². The van der Waals surface area contributed by atoms with Gasteiger partial charge in [-0.2, -0.15) is 0 Å². The van der Waals surface area contributed by atoms with E-state index in [4.69, 9.17) is 5.73 Å². The quantitative estimate of drug-likeness (QED) is 0.586. The minimum atomic E-state index is -2.40. The zero-order chi connectivity index (χ0) is 8.27. The maximum atomic E-state index is 10.6. The molecule has 1 aliphatic rings. The van der Waals surface area contributed by atoms with Crippen molar-refractivity contribution in [3.8, 4) is 0 Å². The number of rotatable bonds is 0. The highest BCUT2D eigenvalue weighted by molar-refractivity contribution is 7.47. The summed E-state index contributed by atoms with van der Waals surface area (Å²) < 4.78 is 34.6. The van der Waals surface area contributed by atoms with Crippen molar-refractivity contribution in [1.82, 2.24) is 0 Å². The first-order chi connectivity index (χ1) is 5.18. The van der Waals surface area contributed by atoms with Gasteiger partial charge in [-0.05, 0) is 0 Å². The molecule has 0 aromatic rings. The van der Waals surface area contributed by atoms with Gasteiger partial charge in [-0.3, -0.25) is 0 Å². The van der Waals surface area contributed by atoms with Gasteiger partial charge < -0.3 is 5.73 Å². The Labute approximate surface area is 64.9 Å². The van der Waals surface area contributed by atoms with Crippen LogP contribution < -0.4 is 5.73 Å². The van der Waals surface area contributed by atoms with Crippen LogP contribution in [0.5, 0.6) is 0 Å². The summed E-state index contributed by atoms with van der Waals surface area (Å²) in [7, 11) is -4.71. The van der Waals surface area contributed by atoms with E-state index in [1.54, 1.807) is 0 Å². The molecule has 1 rings (SSSR count). The van der Waals surface area contributed by atoms with Gasteiger partial charge in [0.05, 0.1) is 0 Å². The lowest BCUT2D eigenvalue weighted by Gasteiger charge is -2.00. The molecule has 1 fully saturated rings. The average Bonchev–Trinajstić information content (AvgIpc) is 1.83. The molecule has 0 saturated carbocycles. The van der Waals surface area contributed by atoms with Gasteiger partial charge in [0.15, 0.2) is 10.5 Å². The molecule has 1 saturated heterocycles. The van der Waals surface area contributed by atoms with E-state index in [-0.39, 0.29) is 6.61 Å². The summed E-state index contributed by atoms with van der Waals surface area (Å²) in [5.41, 5.74) is 5.28. The second kappa shape index (κ2) is 4.16. The molecule has 0 amide bonds. The molecular formula is C3H7NO5P2+2. The standard InChI is InChI=1S/C3H7NO5P2/c4-3-1-2-7-10(5)9-11(6)8-3/h3H,1-2,4H2/q+2. The van der Waals surface area contributed by atoms with Crippen molar-refractivity contribution in [3.63, 3.8) is 0 Å². The summed E-state index contributed by atoms with van der Waals surface area (Å²) in [6.07, 6.45) is -0.326. The van der Waals surface area contributed by atoms with Crippen LogP contribution in [0.15, 0.2) is 0 Å². The summed E-state index contributed by atoms with van der Waals surface area (Å²) in [4.78, 5) is 0. The lowest BCUT2D eigenvalue weighted by molar-refractivity contribution is 0.140. The summed E-state index contributed by atoms with van der Waals surface area (Å²) in [6, 6.07) is 0. The molecule has 0 spiro atoms. The van der Waals surface area contributed by atoms with Gasteiger partial charge in [-0.15, -0.1) is 4.52 Å². The molecule has 1 aliphatic heterocycles. The van der Waals surface area contributed by atoms with E-state index in [1.807, 2.05) is 0 Å². The van der Waals surface area contributed by atoms with Gasteiger partial charge in [0.1, 0.15) is 6.61 Å². The van der Waals surface area contributed by atoms with Gasteiger partial charge in [-0.1, -0.05) is 4.52 Å². The monoisotopic (exact) mass is 199 g/mol. The third-order valence-electron chi connectivity index (χ3n) is 0.954. The highest BCUT2D eigenvalue weighted by Crippen LogP contribution is 2.41. The second-order valence-corrected chi connectivity index (χ2v) is 3.81. The van der Waals surface area contributed by atoms with Crippen LogP contribution >= 0.6 is 16.5 Å². The summed E-state index contributed by atoms with van der Waals surface area (Å²) in [5, 5.41) is 0. The average molecular weight is 199 g/mol. The molecule has 8 heteroatoms. The molecule has 3 unspecified atom stereocenters. The summed E-state index contributed by atoms with van der Waals surface area (Å²) in [5.74, 6) is 0. The van der Waals surface area contributed by atoms with Crippen molar-refractivity contribution in [2.24, 2.45) is 5.73 Å².